The number of amides is 1. The second-order valence-electron chi connectivity index (χ2n) is 5.83. The number of carbonyl (C=O) groups is 1. The first-order valence-corrected chi connectivity index (χ1v) is 7.86. The van der Waals surface area contributed by atoms with E-state index in [4.69, 9.17) is 0 Å². The fourth-order valence-electron chi connectivity index (χ4n) is 2.60. The van der Waals surface area contributed by atoms with Gasteiger partial charge in [-0.15, -0.1) is 0 Å². The number of benzene rings is 2. The van der Waals surface area contributed by atoms with E-state index in [1.165, 1.54) is 5.56 Å². The molecular weight excluding hydrogens is 284 g/mol. The molecule has 2 aromatic rings. The number of carbonyl (C=O) groups excluding carboxylic acids is 1. The Bertz CT molecular complexity index is 720. The van der Waals surface area contributed by atoms with Crippen LogP contribution in [0, 0.1) is 5.92 Å². The molecule has 1 fully saturated rings. The quantitative estimate of drug-likeness (QED) is 0.658. The van der Waals surface area contributed by atoms with Gasteiger partial charge in [-0.2, -0.15) is 5.10 Å². The average molecular weight is 304 g/mol. The van der Waals surface area contributed by atoms with Gasteiger partial charge in [-0.3, -0.25) is 4.79 Å². The Balaban J connectivity index is 1.52. The van der Waals surface area contributed by atoms with Crippen LogP contribution in [0.1, 0.15) is 30.4 Å². The molecule has 1 amide bonds. The molecule has 0 aliphatic heterocycles. The first kappa shape index (κ1) is 15.2. The third kappa shape index (κ3) is 4.16. The van der Waals surface area contributed by atoms with Crippen molar-refractivity contribution < 1.29 is 4.79 Å². The molecule has 116 valence electrons. The summed E-state index contributed by atoms with van der Waals surface area (Å²) in [6.45, 7) is 1.88. The highest BCUT2D eigenvalue weighted by atomic mass is 16.2. The second-order valence-corrected chi connectivity index (χ2v) is 5.83. The van der Waals surface area contributed by atoms with Crippen LogP contribution >= 0.6 is 0 Å². The SMILES string of the molecule is CC(/C=C/c1ccccc1)=N\NC(=O)C1CC1c1ccccc1. The van der Waals surface area contributed by atoms with Crippen LogP contribution in [0.15, 0.2) is 71.8 Å². The summed E-state index contributed by atoms with van der Waals surface area (Å²) >= 11 is 0. The number of hydrogen-bond donors (Lipinski definition) is 1. The van der Waals surface area contributed by atoms with Gasteiger partial charge in [-0.1, -0.05) is 66.7 Å². The van der Waals surface area contributed by atoms with Gasteiger partial charge in [0.15, 0.2) is 0 Å². The van der Waals surface area contributed by atoms with E-state index in [9.17, 15) is 4.79 Å². The molecule has 1 saturated carbocycles. The van der Waals surface area contributed by atoms with Crippen molar-refractivity contribution >= 4 is 17.7 Å². The Labute approximate surface area is 136 Å². The molecule has 3 heteroatoms. The van der Waals surface area contributed by atoms with Crippen molar-refractivity contribution in [1.82, 2.24) is 5.43 Å². The molecule has 1 N–H and O–H groups in total. The molecule has 3 nitrogen and oxygen atoms in total. The van der Waals surface area contributed by atoms with Crippen molar-refractivity contribution in [3.05, 3.63) is 77.9 Å². The van der Waals surface area contributed by atoms with Crippen LogP contribution in [-0.2, 0) is 4.79 Å². The van der Waals surface area contributed by atoms with E-state index in [1.807, 2.05) is 67.6 Å². The molecule has 2 atom stereocenters. The molecule has 1 aliphatic rings. The molecule has 0 spiro atoms. The molecule has 2 unspecified atom stereocenters. The number of hydrogen-bond acceptors (Lipinski definition) is 2. The van der Waals surface area contributed by atoms with Gasteiger partial charge >= 0.3 is 0 Å². The van der Waals surface area contributed by atoms with Crippen molar-refractivity contribution in [3.63, 3.8) is 0 Å². The largest absolute Gasteiger partial charge is 0.273 e. The van der Waals surface area contributed by atoms with Crippen LogP contribution in [0.4, 0.5) is 0 Å². The van der Waals surface area contributed by atoms with E-state index in [1.54, 1.807) is 0 Å². The van der Waals surface area contributed by atoms with E-state index in [-0.39, 0.29) is 11.8 Å². The van der Waals surface area contributed by atoms with E-state index in [2.05, 4.69) is 22.7 Å². The number of nitrogens with one attached hydrogen (secondary N) is 1. The maximum Gasteiger partial charge on any atom is 0.243 e. The van der Waals surface area contributed by atoms with Gasteiger partial charge in [0.2, 0.25) is 5.91 Å². The van der Waals surface area contributed by atoms with Gasteiger partial charge in [-0.05, 0) is 36.5 Å². The van der Waals surface area contributed by atoms with E-state index in [0.29, 0.717) is 5.92 Å². The Morgan fingerprint density at radius 1 is 1.09 bits per heavy atom. The predicted octanol–water partition coefficient (Wildman–Crippen LogP) is 4.00. The summed E-state index contributed by atoms with van der Waals surface area (Å²) in [5, 5.41) is 4.16. The highest BCUT2D eigenvalue weighted by molar-refractivity contribution is 5.97. The Hall–Kier alpha value is -2.68. The van der Waals surface area contributed by atoms with Crippen molar-refractivity contribution in [2.24, 2.45) is 11.0 Å². The Morgan fingerprint density at radius 3 is 2.43 bits per heavy atom. The molecule has 0 aromatic heterocycles. The van der Waals surface area contributed by atoms with Crippen LogP contribution in [0.2, 0.25) is 0 Å². The van der Waals surface area contributed by atoms with Crippen LogP contribution in [0.3, 0.4) is 0 Å². The smallest absolute Gasteiger partial charge is 0.243 e. The predicted molar refractivity (Wildman–Crippen MR) is 94.0 cm³/mol. The monoisotopic (exact) mass is 304 g/mol. The molecule has 3 rings (SSSR count). The standard InChI is InChI=1S/C20H20N2O/c1-15(12-13-16-8-4-2-5-9-16)21-22-20(23)19-14-18(19)17-10-6-3-7-11-17/h2-13,18-19H,14H2,1H3,(H,22,23)/b13-12+,21-15+. The summed E-state index contributed by atoms with van der Waals surface area (Å²) in [6.07, 6.45) is 4.79. The molecule has 0 radical (unpaired) electrons. The average Bonchev–Trinajstić information content (AvgIpc) is 3.40. The summed E-state index contributed by atoms with van der Waals surface area (Å²) in [7, 11) is 0. The molecule has 23 heavy (non-hydrogen) atoms. The van der Waals surface area contributed by atoms with Gasteiger partial charge in [0.05, 0.1) is 5.71 Å². The van der Waals surface area contributed by atoms with E-state index in [0.717, 1.165) is 17.7 Å². The second kappa shape index (κ2) is 7.05. The Morgan fingerprint density at radius 2 is 1.74 bits per heavy atom. The van der Waals surface area contributed by atoms with E-state index < -0.39 is 0 Å². The maximum absolute atomic E-state index is 12.1. The summed E-state index contributed by atoms with van der Waals surface area (Å²) in [4.78, 5) is 12.1. The van der Waals surface area contributed by atoms with Gasteiger partial charge < -0.3 is 0 Å². The summed E-state index contributed by atoms with van der Waals surface area (Å²) in [6, 6.07) is 20.2. The summed E-state index contributed by atoms with van der Waals surface area (Å²) < 4.78 is 0. The number of rotatable bonds is 5. The zero-order valence-corrected chi connectivity index (χ0v) is 13.1. The highest BCUT2D eigenvalue weighted by Crippen LogP contribution is 2.47. The van der Waals surface area contributed by atoms with Gasteiger partial charge in [0, 0.05) is 5.92 Å². The third-order valence-corrected chi connectivity index (χ3v) is 4.01. The minimum Gasteiger partial charge on any atom is -0.273 e. The Kier molecular flexibility index (Phi) is 4.67. The number of allylic oxidation sites excluding steroid dienone is 1. The first-order chi connectivity index (χ1) is 11.2. The summed E-state index contributed by atoms with van der Waals surface area (Å²) in [5.41, 5.74) is 5.80. The number of hydrazone groups is 1. The molecule has 0 saturated heterocycles. The first-order valence-electron chi connectivity index (χ1n) is 7.86. The normalized spacial score (nSPS) is 20.5. The molecule has 0 bridgehead atoms. The minimum atomic E-state index is 0.00585. The van der Waals surface area contributed by atoms with Gasteiger partial charge in [-0.25, -0.2) is 5.43 Å². The van der Waals surface area contributed by atoms with Crippen LogP contribution in [-0.4, -0.2) is 11.6 Å². The lowest BCUT2D eigenvalue weighted by Crippen LogP contribution is -2.21. The van der Waals surface area contributed by atoms with Crippen LogP contribution in [0.5, 0.6) is 0 Å². The highest BCUT2D eigenvalue weighted by Gasteiger charge is 2.43. The lowest BCUT2D eigenvalue weighted by atomic mass is 10.1. The van der Waals surface area contributed by atoms with Crippen LogP contribution in [0.25, 0.3) is 6.08 Å². The van der Waals surface area contributed by atoms with Gasteiger partial charge in [0.1, 0.15) is 0 Å². The molecule has 1 aliphatic carbocycles. The van der Waals surface area contributed by atoms with Crippen molar-refractivity contribution in [3.8, 4) is 0 Å². The third-order valence-electron chi connectivity index (χ3n) is 4.01. The molecular formula is C20H20N2O. The van der Waals surface area contributed by atoms with Crippen LogP contribution < -0.4 is 5.43 Å². The zero-order chi connectivity index (χ0) is 16.1. The van der Waals surface area contributed by atoms with Crippen molar-refractivity contribution in [1.29, 1.82) is 0 Å². The summed E-state index contributed by atoms with van der Waals surface area (Å²) in [5.74, 6) is 0.393. The fourth-order valence-corrected chi connectivity index (χ4v) is 2.60. The van der Waals surface area contributed by atoms with E-state index >= 15 is 0 Å². The lowest BCUT2D eigenvalue weighted by molar-refractivity contribution is -0.122. The zero-order valence-electron chi connectivity index (χ0n) is 13.1. The van der Waals surface area contributed by atoms with Crippen molar-refractivity contribution in [2.45, 2.75) is 19.3 Å². The lowest BCUT2D eigenvalue weighted by Gasteiger charge is -2.01. The van der Waals surface area contributed by atoms with Crippen molar-refractivity contribution in [2.75, 3.05) is 0 Å². The maximum atomic E-state index is 12.1. The fraction of sp³-hybridized carbons (Fsp3) is 0.200. The topological polar surface area (TPSA) is 41.5 Å². The number of nitrogens with zero attached hydrogens (tertiary/aromatic N) is 1. The molecule has 0 heterocycles. The van der Waals surface area contributed by atoms with Gasteiger partial charge in [0.25, 0.3) is 0 Å². The molecule has 2 aromatic carbocycles. The minimum absolute atomic E-state index is 0.00585.